The first-order chi connectivity index (χ1) is 9.40. The molecule has 6 heteroatoms. The summed E-state index contributed by atoms with van der Waals surface area (Å²) in [6.07, 6.45) is 0. The van der Waals surface area contributed by atoms with E-state index in [1.54, 1.807) is 26.0 Å². The Kier molecular flexibility index (Phi) is 5.49. The second kappa shape index (κ2) is 6.88. The van der Waals surface area contributed by atoms with Crippen LogP contribution in [0, 0.1) is 12.8 Å². The number of hydrogen-bond donors (Lipinski definition) is 0. The molecule has 1 unspecified atom stereocenters. The second-order valence-electron chi connectivity index (χ2n) is 4.60. The van der Waals surface area contributed by atoms with Gasteiger partial charge in [-0.25, -0.2) is 9.78 Å². The summed E-state index contributed by atoms with van der Waals surface area (Å²) >= 11 is 0. The summed E-state index contributed by atoms with van der Waals surface area (Å²) in [4.78, 5) is 29.1. The molecular weight excluding hydrogens is 260 g/mol. The molecule has 0 aromatic carbocycles. The Bertz CT molecular complexity index is 502. The van der Waals surface area contributed by atoms with Crippen LogP contribution in [0.1, 0.15) is 23.0 Å². The highest BCUT2D eigenvalue weighted by Crippen LogP contribution is 2.16. The predicted octanol–water partition coefficient (Wildman–Crippen LogP) is 1.42. The molecule has 1 atom stereocenters. The van der Waals surface area contributed by atoms with Gasteiger partial charge in [0.15, 0.2) is 0 Å². The van der Waals surface area contributed by atoms with E-state index in [0.717, 1.165) is 0 Å². The Morgan fingerprint density at radius 3 is 2.45 bits per heavy atom. The Morgan fingerprint density at radius 2 is 1.95 bits per heavy atom. The molecule has 0 radical (unpaired) electrons. The van der Waals surface area contributed by atoms with Gasteiger partial charge in [-0.3, -0.25) is 4.79 Å². The lowest BCUT2D eigenvalue weighted by atomic mass is 10.1. The van der Waals surface area contributed by atoms with Crippen molar-refractivity contribution in [2.45, 2.75) is 13.8 Å². The number of methoxy groups -OCH3 is 2. The molecule has 0 amide bonds. The fourth-order valence-corrected chi connectivity index (χ4v) is 1.87. The average Bonchev–Trinajstić information content (AvgIpc) is 2.45. The van der Waals surface area contributed by atoms with Crippen molar-refractivity contribution in [1.82, 2.24) is 4.98 Å². The number of pyridine rings is 1. The van der Waals surface area contributed by atoms with Crippen molar-refractivity contribution >= 4 is 17.8 Å². The summed E-state index contributed by atoms with van der Waals surface area (Å²) in [5, 5.41) is 0. The van der Waals surface area contributed by atoms with Gasteiger partial charge >= 0.3 is 11.9 Å². The minimum absolute atomic E-state index is 0.257. The Balaban J connectivity index is 2.85. The number of ether oxygens (including phenoxy) is 2. The quantitative estimate of drug-likeness (QED) is 0.760. The van der Waals surface area contributed by atoms with Crippen molar-refractivity contribution in [3.8, 4) is 0 Å². The number of nitrogens with zero attached hydrogens (tertiary/aromatic N) is 2. The fraction of sp³-hybridized carbons (Fsp3) is 0.500. The maximum absolute atomic E-state index is 11.5. The van der Waals surface area contributed by atoms with Crippen LogP contribution in [0.3, 0.4) is 0 Å². The minimum atomic E-state index is -0.410. The molecule has 1 aromatic heterocycles. The van der Waals surface area contributed by atoms with Crippen LogP contribution in [0.25, 0.3) is 0 Å². The van der Waals surface area contributed by atoms with Crippen molar-refractivity contribution in [2.75, 3.05) is 32.7 Å². The van der Waals surface area contributed by atoms with E-state index in [1.165, 1.54) is 14.2 Å². The van der Waals surface area contributed by atoms with Gasteiger partial charge in [-0.15, -0.1) is 0 Å². The Hall–Kier alpha value is -2.11. The molecule has 6 nitrogen and oxygen atoms in total. The fourth-order valence-electron chi connectivity index (χ4n) is 1.87. The molecule has 0 aliphatic rings. The SMILES string of the molecule is COC(=O)c1ccc(N(C)CC(C)C(=O)OC)nc1C. The van der Waals surface area contributed by atoms with E-state index >= 15 is 0 Å². The normalized spacial score (nSPS) is 11.7. The van der Waals surface area contributed by atoms with Crippen molar-refractivity contribution < 1.29 is 19.1 Å². The number of aromatic nitrogens is 1. The third-order valence-electron chi connectivity index (χ3n) is 3.02. The third-order valence-corrected chi connectivity index (χ3v) is 3.02. The van der Waals surface area contributed by atoms with Crippen molar-refractivity contribution in [2.24, 2.45) is 5.92 Å². The smallest absolute Gasteiger partial charge is 0.339 e. The van der Waals surface area contributed by atoms with Crippen molar-refractivity contribution in [3.05, 3.63) is 23.4 Å². The highest BCUT2D eigenvalue weighted by atomic mass is 16.5. The number of carbonyl (C=O) groups is 2. The molecule has 0 N–H and O–H groups in total. The zero-order valence-electron chi connectivity index (χ0n) is 12.5. The lowest BCUT2D eigenvalue weighted by Gasteiger charge is -2.21. The van der Waals surface area contributed by atoms with E-state index < -0.39 is 5.97 Å². The van der Waals surface area contributed by atoms with Gasteiger partial charge in [0.1, 0.15) is 5.82 Å². The monoisotopic (exact) mass is 280 g/mol. The van der Waals surface area contributed by atoms with Gasteiger partial charge in [-0.05, 0) is 19.1 Å². The molecule has 0 saturated heterocycles. The van der Waals surface area contributed by atoms with Gasteiger partial charge in [0.05, 0.1) is 31.4 Å². The van der Waals surface area contributed by atoms with Gasteiger partial charge < -0.3 is 14.4 Å². The lowest BCUT2D eigenvalue weighted by molar-refractivity contribution is -0.144. The first-order valence-corrected chi connectivity index (χ1v) is 6.25. The van der Waals surface area contributed by atoms with Gasteiger partial charge in [0, 0.05) is 13.6 Å². The summed E-state index contributed by atoms with van der Waals surface area (Å²) in [5.41, 5.74) is 1.03. The zero-order chi connectivity index (χ0) is 15.3. The van der Waals surface area contributed by atoms with E-state index in [4.69, 9.17) is 4.74 Å². The predicted molar refractivity (Wildman–Crippen MR) is 74.8 cm³/mol. The molecule has 20 heavy (non-hydrogen) atoms. The van der Waals surface area contributed by atoms with Crippen molar-refractivity contribution in [3.63, 3.8) is 0 Å². The summed E-state index contributed by atoms with van der Waals surface area (Å²) < 4.78 is 9.36. The Morgan fingerprint density at radius 1 is 1.30 bits per heavy atom. The van der Waals surface area contributed by atoms with Gasteiger partial charge in [-0.1, -0.05) is 6.92 Å². The van der Waals surface area contributed by atoms with Gasteiger partial charge in [-0.2, -0.15) is 0 Å². The summed E-state index contributed by atoms with van der Waals surface area (Å²) in [7, 11) is 4.53. The molecule has 0 bridgehead atoms. The molecule has 0 aliphatic carbocycles. The topological polar surface area (TPSA) is 68.7 Å². The number of rotatable bonds is 5. The van der Waals surface area contributed by atoms with Crippen molar-refractivity contribution in [1.29, 1.82) is 0 Å². The molecule has 0 aliphatic heterocycles. The first-order valence-electron chi connectivity index (χ1n) is 6.25. The highest BCUT2D eigenvalue weighted by Gasteiger charge is 2.17. The van der Waals surface area contributed by atoms with E-state index in [-0.39, 0.29) is 11.9 Å². The largest absolute Gasteiger partial charge is 0.469 e. The molecule has 110 valence electrons. The van der Waals surface area contributed by atoms with Crippen LogP contribution in [-0.4, -0.2) is 44.7 Å². The van der Waals surface area contributed by atoms with E-state index in [0.29, 0.717) is 23.6 Å². The van der Waals surface area contributed by atoms with Crippen LogP contribution in [0.4, 0.5) is 5.82 Å². The average molecular weight is 280 g/mol. The molecule has 0 spiro atoms. The molecule has 0 fully saturated rings. The van der Waals surface area contributed by atoms with Crippen LogP contribution in [-0.2, 0) is 14.3 Å². The summed E-state index contributed by atoms with van der Waals surface area (Å²) in [5.74, 6) is -0.245. The lowest BCUT2D eigenvalue weighted by Crippen LogP contribution is -2.30. The second-order valence-corrected chi connectivity index (χ2v) is 4.60. The molecule has 1 rings (SSSR count). The summed E-state index contributed by atoms with van der Waals surface area (Å²) in [6.45, 7) is 4.02. The number of anilines is 1. The number of aryl methyl sites for hydroxylation is 1. The minimum Gasteiger partial charge on any atom is -0.469 e. The maximum atomic E-state index is 11.5. The number of esters is 2. The van der Waals surface area contributed by atoms with E-state index in [2.05, 4.69) is 9.72 Å². The van der Waals surface area contributed by atoms with Crippen LogP contribution < -0.4 is 4.90 Å². The third kappa shape index (κ3) is 3.69. The van der Waals surface area contributed by atoms with Crippen LogP contribution in [0.5, 0.6) is 0 Å². The molecule has 0 saturated carbocycles. The van der Waals surface area contributed by atoms with E-state index in [1.807, 2.05) is 11.9 Å². The van der Waals surface area contributed by atoms with Crippen LogP contribution in [0.15, 0.2) is 12.1 Å². The maximum Gasteiger partial charge on any atom is 0.339 e. The zero-order valence-corrected chi connectivity index (χ0v) is 12.5. The van der Waals surface area contributed by atoms with Crippen LogP contribution >= 0.6 is 0 Å². The number of hydrogen-bond acceptors (Lipinski definition) is 6. The van der Waals surface area contributed by atoms with Crippen LogP contribution in [0.2, 0.25) is 0 Å². The van der Waals surface area contributed by atoms with Gasteiger partial charge in [0.2, 0.25) is 0 Å². The number of carbonyl (C=O) groups excluding carboxylic acids is 2. The first kappa shape index (κ1) is 15.9. The molecule has 1 heterocycles. The van der Waals surface area contributed by atoms with Gasteiger partial charge in [0.25, 0.3) is 0 Å². The molecule has 1 aromatic rings. The van der Waals surface area contributed by atoms with E-state index in [9.17, 15) is 9.59 Å². The standard InChI is InChI=1S/C14H20N2O4/c1-9(13(17)19-4)8-16(3)12-7-6-11(10(2)15-12)14(18)20-5/h6-7,9H,8H2,1-5H3. The summed E-state index contributed by atoms with van der Waals surface area (Å²) in [6, 6.07) is 3.39. The highest BCUT2D eigenvalue weighted by molar-refractivity contribution is 5.90. The Labute approximate surface area is 118 Å². The molecular formula is C14H20N2O4.